The van der Waals surface area contributed by atoms with E-state index >= 15 is 0 Å². The van der Waals surface area contributed by atoms with Crippen molar-refractivity contribution >= 4 is 0 Å². The van der Waals surface area contributed by atoms with Crippen molar-refractivity contribution in [1.82, 2.24) is 0 Å². The number of benzene rings is 2. The van der Waals surface area contributed by atoms with Gasteiger partial charge in [0, 0.05) is 0 Å². The molecule has 1 nitrogen and oxygen atoms in total. The first-order chi connectivity index (χ1) is 15.4. The highest BCUT2D eigenvalue weighted by molar-refractivity contribution is 5.33. The first kappa shape index (κ1) is 24.7. The SMILES string of the molecule is CCCCCCCC1CCC(c2ccc(Cc3ccc(OCC(F)(F)F)cc3)cc2)CC1. The van der Waals surface area contributed by atoms with E-state index in [2.05, 4.69) is 31.2 Å². The summed E-state index contributed by atoms with van der Waals surface area (Å²) in [5.41, 5.74) is 3.74. The minimum atomic E-state index is -4.31. The molecule has 0 atom stereocenters. The summed E-state index contributed by atoms with van der Waals surface area (Å²) in [7, 11) is 0. The van der Waals surface area contributed by atoms with Crippen molar-refractivity contribution in [2.45, 2.75) is 89.6 Å². The molecule has 0 heterocycles. The van der Waals surface area contributed by atoms with Gasteiger partial charge in [0.05, 0.1) is 0 Å². The zero-order valence-electron chi connectivity index (χ0n) is 19.3. The summed E-state index contributed by atoms with van der Waals surface area (Å²) in [5, 5.41) is 0. The molecule has 1 aliphatic carbocycles. The largest absolute Gasteiger partial charge is 0.484 e. The Bertz CT molecular complexity index is 772. The predicted molar refractivity (Wildman–Crippen MR) is 125 cm³/mol. The molecule has 1 saturated carbocycles. The molecule has 0 aliphatic heterocycles. The van der Waals surface area contributed by atoms with E-state index in [0.29, 0.717) is 5.92 Å². The molecule has 0 aromatic heterocycles. The smallest absolute Gasteiger partial charge is 0.422 e. The van der Waals surface area contributed by atoms with Crippen LogP contribution >= 0.6 is 0 Å². The fourth-order valence-corrected chi connectivity index (χ4v) is 4.83. The molecular weight excluding hydrogens is 409 g/mol. The Morgan fingerprint density at radius 1 is 0.781 bits per heavy atom. The maximum Gasteiger partial charge on any atom is 0.422 e. The Labute approximate surface area is 191 Å². The van der Waals surface area contributed by atoms with Crippen LogP contribution in [0.15, 0.2) is 48.5 Å². The minimum absolute atomic E-state index is 0.248. The predicted octanol–water partition coefficient (Wildman–Crippen LogP) is 8.85. The molecule has 2 aromatic carbocycles. The van der Waals surface area contributed by atoms with E-state index in [-0.39, 0.29) is 5.75 Å². The number of hydrogen-bond acceptors (Lipinski definition) is 1. The Morgan fingerprint density at radius 2 is 1.38 bits per heavy atom. The molecule has 0 spiro atoms. The van der Waals surface area contributed by atoms with Crippen LogP contribution in [-0.4, -0.2) is 12.8 Å². The third kappa shape index (κ3) is 8.52. The molecule has 176 valence electrons. The fraction of sp³-hybridized carbons (Fsp3) is 0.571. The van der Waals surface area contributed by atoms with Gasteiger partial charge in [-0.05, 0) is 72.8 Å². The van der Waals surface area contributed by atoms with Crippen LogP contribution in [0.25, 0.3) is 0 Å². The van der Waals surface area contributed by atoms with E-state index in [1.54, 1.807) is 12.1 Å². The van der Waals surface area contributed by atoms with Crippen molar-refractivity contribution in [1.29, 1.82) is 0 Å². The van der Waals surface area contributed by atoms with Crippen LogP contribution in [0.5, 0.6) is 5.75 Å². The van der Waals surface area contributed by atoms with Gasteiger partial charge in [-0.3, -0.25) is 0 Å². The van der Waals surface area contributed by atoms with Gasteiger partial charge in [-0.25, -0.2) is 0 Å². The molecule has 4 heteroatoms. The summed E-state index contributed by atoms with van der Waals surface area (Å²) in [6, 6.07) is 15.8. The Balaban J connectivity index is 1.41. The average Bonchev–Trinajstić information content (AvgIpc) is 2.79. The van der Waals surface area contributed by atoms with Crippen LogP contribution in [-0.2, 0) is 6.42 Å². The topological polar surface area (TPSA) is 9.23 Å². The van der Waals surface area contributed by atoms with Gasteiger partial charge in [-0.2, -0.15) is 13.2 Å². The van der Waals surface area contributed by atoms with E-state index in [4.69, 9.17) is 4.74 Å². The Morgan fingerprint density at radius 3 is 1.97 bits per heavy atom. The van der Waals surface area contributed by atoms with Crippen LogP contribution in [0, 0.1) is 5.92 Å². The number of unbranched alkanes of at least 4 members (excludes halogenated alkanes) is 4. The van der Waals surface area contributed by atoms with Crippen LogP contribution in [0.4, 0.5) is 13.2 Å². The van der Waals surface area contributed by atoms with Crippen molar-refractivity contribution in [3.05, 3.63) is 65.2 Å². The first-order valence-electron chi connectivity index (χ1n) is 12.3. The van der Waals surface area contributed by atoms with E-state index < -0.39 is 12.8 Å². The zero-order valence-corrected chi connectivity index (χ0v) is 19.3. The molecule has 2 aromatic rings. The summed E-state index contributed by atoms with van der Waals surface area (Å²) in [4.78, 5) is 0. The molecule has 0 bridgehead atoms. The molecule has 0 radical (unpaired) electrons. The molecule has 3 rings (SSSR count). The summed E-state index contributed by atoms with van der Waals surface area (Å²) < 4.78 is 41.5. The standard InChI is InChI=1S/C28H37F3O/c1-2-3-4-5-6-7-22-8-14-25(15-9-22)26-16-10-23(11-17-26)20-24-12-18-27(19-13-24)32-21-28(29,30)31/h10-13,16-19,22,25H,2-9,14-15,20-21H2,1H3. The molecule has 32 heavy (non-hydrogen) atoms. The number of halogens is 3. The van der Waals surface area contributed by atoms with Crippen LogP contribution in [0.1, 0.15) is 93.7 Å². The van der Waals surface area contributed by atoms with E-state index in [1.165, 1.54) is 75.3 Å². The van der Waals surface area contributed by atoms with Crippen molar-refractivity contribution in [2.75, 3.05) is 6.61 Å². The quantitative estimate of drug-likeness (QED) is 0.313. The maximum absolute atomic E-state index is 12.3. The van der Waals surface area contributed by atoms with Gasteiger partial charge in [0.2, 0.25) is 0 Å². The monoisotopic (exact) mass is 446 g/mol. The number of ether oxygens (including phenoxy) is 1. The van der Waals surface area contributed by atoms with Crippen molar-refractivity contribution < 1.29 is 17.9 Å². The van der Waals surface area contributed by atoms with Crippen molar-refractivity contribution in [2.24, 2.45) is 5.92 Å². The lowest BCUT2D eigenvalue weighted by molar-refractivity contribution is -0.153. The van der Waals surface area contributed by atoms with E-state index in [9.17, 15) is 13.2 Å². The second kappa shape index (κ2) is 12.3. The number of alkyl halides is 3. The van der Waals surface area contributed by atoms with Gasteiger partial charge in [-0.1, -0.05) is 81.8 Å². The summed E-state index contributed by atoms with van der Waals surface area (Å²) in [5.74, 6) is 1.86. The van der Waals surface area contributed by atoms with Crippen LogP contribution in [0.3, 0.4) is 0 Å². The lowest BCUT2D eigenvalue weighted by Gasteiger charge is -2.29. The van der Waals surface area contributed by atoms with Gasteiger partial charge in [0.1, 0.15) is 5.75 Å². The second-order valence-electron chi connectivity index (χ2n) is 9.39. The fourth-order valence-electron chi connectivity index (χ4n) is 4.83. The molecule has 1 fully saturated rings. The molecule has 0 amide bonds. The van der Waals surface area contributed by atoms with Crippen LogP contribution in [0.2, 0.25) is 0 Å². The van der Waals surface area contributed by atoms with Crippen molar-refractivity contribution in [3.63, 3.8) is 0 Å². The van der Waals surface area contributed by atoms with E-state index in [1.807, 2.05) is 12.1 Å². The summed E-state index contributed by atoms with van der Waals surface area (Å²) in [6.45, 7) is 1.01. The maximum atomic E-state index is 12.3. The summed E-state index contributed by atoms with van der Waals surface area (Å²) in [6.07, 6.45) is 10.1. The number of hydrogen-bond donors (Lipinski definition) is 0. The highest BCUT2D eigenvalue weighted by atomic mass is 19.4. The zero-order chi connectivity index (χ0) is 22.8. The van der Waals surface area contributed by atoms with Gasteiger partial charge < -0.3 is 4.74 Å². The van der Waals surface area contributed by atoms with Gasteiger partial charge in [0.15, 0.2) is 6.61 Å². The third-order valence-corrected chi connectivity index (χ3v) is 6.75. The highest BCUT2D eigenvalue weighted by Crippen LogP contribution is 2.38. The van der Waals surface area contributed by atoms with Gasteiger partial charge >= 0.3 is 6.18 Å². The van der Waals surface area contributed by atoms with Gasteiger partial charge in [-0.15, -0.1) is 0 Å². The Hall–Kier alpha value is -1.97. The molecule has 0 N–H and O–H groups in total. The lowest BCUT2D eigenvalue weighted by Crippen LogP contribution is -2.19. The normalized spacial score (nSPS) is 19.1. The van der Waals surface area contributed by atoms with Gasteiger partial charge in [0.25, 0.3) is 0 Å². The number of rotatable bonds is 11. The minimum Gasteiger partial charge on any atom is -0.484 e. The second-order valence-corrected chi connectivity index (χ2v) is 9.39. The molecular formula is C28H37F3O. The van der Waals surface area contributed by atoms with Crippen LogP contribution < -0.4 is 4.74 Å². The lowest BCUT2D eigenvalue weighted by atomic mass is 9.77. The highest BCUT2D eigenvalue weighted by Gasteiger charge is 2.28. The first-order valence-corrected chi connectivity index (χ1v) is 12.3. The molecule has 1 aliphatic rings. The summed E-state index contributed by atoms with van der Waals surface area (Å²) >= 11 is 0. The Kier molecular flexibility index (Phi) is 9.50. The van der Waals surface area contributed by atoms with Crippen molar-refractivity contribution in [3.8, 4) is 5.75 Å². The average molecular weight is 447 g/mol. The van der Waals surface area contributed by atoms with E-state index in [0.717, 1.165) is 17.9 Å². The third-order valence-electron chi connectivity index (χ3n) is 6.75. The molecule has 0 saturated heterocycles. The molecule has 0 unspecified atom stereocenters.